The minimum absolute atomic E-state index is 0.0390. The summed E-state index contributed by atoms with van der Waals surface area (Å²) in [5.74, 6) is 0.0390. The average Bonchev–Trinajstić information content (AvgIpc) is 2.46. The van der Waals surface area contributed by atoms with Crippen molar-refractivity contribution in [2.24, 2.45) is 0 Å². The molecule has 0 saturated heterocycles. The fourth-order valence-corrected chi connectivity index (χ4v) is 2.41. The summed E-state index contributed by atoms with van der Waals surface area (Å²) in [5, 5.41) is -0.298. The smallest absolute Gasteiger partial charge is 0.222 e. The van der Waals surface area contributed by atoms with Gasteiger partial charge < -0.3 is 0 Å². The van der Waals surface area contributed by atoms with Crippen LogP contribution in [-0.2, 0) is 11.2 Å². The highest BCUT2D eigenvalue weighted by atomic mass is 35.5. The van der Waals surface area contributed by atoms with E-state index in [1.165, 1.54) is 5.56 Å². The van der Waals surface area contributed by atoms with Crippen LogP contribution < -0.4 is 0 Å². The maximum atomic E-state index is 11.3. The van der Waals surface area contributed by atoms with E-state index in [1.807, 2.05) is 30.3 Å². The van der Waals surface area contributed by atoms with Gasteiger partial charge in [-0.1, -0.05) is 61.5 Å². The molecule has 1 atom stereocenters. The molecule has 2 aromatic carbocycles. The molecule has 2 rings (SSSR count). The molecule has 0 heterocycles. The third-order valence-corrected chi connectivity index (χ3v) is 3.51. The summed E-state index contributed by atoms with van der Waals surface area (Å²) in [6, 6.07) is 18.4. The predicted octanol–water partition coefficient (Wildman–Crippen LogP) is 4.54. The fourth-order valence-electron chi connectivity index (χ4n) is 2.26. The summed E-state index contributed by atoms with van der Waals surface area (Å²) in [5.41, 5.74) is 3.56. The zero-order valence-electron chi connectivity index (χ0n) is 11.0. The highest BCUT2D eigenvalue weighted by Crippen LogP contribution is 2.29. The predicted molar refractivity (Wildman–Crippen MR) is 79.6 cm³/mol. The second-order valence-electron chi connectivity index (χ2n) is 4.62. The summed E-state index contributed by atoms with van der Waals surface area (Å²) >= 11 is 5.59. The van der Waals surface area contributed by atoms with Gasteiger partial charge in [0.05, 0.1) is 0 Å². The van der Waals surface area contributed by atoms with Crippen LogP contribution in [0, 0.1) is 0 Å². The van der Waals surface area contributed by atoms with Crippen LogP contribution in [0.1, 0.15) is 36.0 Å². The molecule has 1 unspecified atom stereocenters. The van der Waals surface area contributed by atoms with E-state index in [1.54, 1.807) is 0 Å². The SMILES string of the molecule is CCc1ccc(C(CC(=O)Cl)c2ccccc2)cc1. The van der Waals surface area contributed by atoms with Gasteiger partial charge in [0.2, 0.25) is 5.24 Å². The van der Waals surface area contributed by atoms with Gasteiger partial charge in [0.25, 0.3) is 0 Å². The van der Waals surface area contributed by atoms with E-state index in [0.29, 0.717) is 6.42 Å². The van der Waals surface area contributed by atoms with Crippen LogP contribution in [-0.4, -0.2) is 5.24 Å². The number of carbonyl (C=O) groups excluding carboxylic acids is 1. The minimum Gasteiger partial charge on any atom is -0.281 e. The van der Waals surface area contributed by atoms with Crippen LogP contribution in [0.3, 0.4) is 0 Å². The Balaban J connectivity index is 2.34. The zero-order valence-corrected chi connectivity index (χ0v) is 11.7. The van der Waals surface area contributed by atoms with Gasteiger partial charge in [-0.05, 0) is 34.7 Å². The number of rotatable bonds is 5. The molecule has 0 aliphatic carbocycles. The van der Waals surface area contributed by atoms with Crippen molar-refractivity contribution in [3.63, 3.8) is 0 Å². The van der Waals surface area contributed by atoms with Gasteiger partial charge in [-0.2, -0.15) is 0 Å². The molecule has 98 valence electrons. The van der Waals surface area contributed by atoms with Gasteiger partial charge in [0, 0.05) is 12.3 Å². The second-order valence-corrected chi connectivity index (χ2v) is 5.04. The lowest BCUT2D eigenvalue weighted by Crippen LogP contribution is -2.05. The number of carbonyl (C=O) groups is 1. The molecule has 0 spiro atoms. The minimum atomic E-state index is -0.298. The van der Waals surface area contributed by atoms with E-state index < -0.39 is 0 Å². The highest BCUT2D eigenvalue weighted by Gasteiger charge is 2.16. The molecule has 0 aliphatic rings. The molecule has 0 radical (unpaired) electrons. The summed E-state index contributed by atoms with van der Waals surface area (Å²) in [6.07, 6.45) is 1.35. The van der Waals surface area contributed by atoms with E-state index in [9.17, 15) is 4.79 Å². The van der Waals surface area contributed by atoms with Crippen molar-refractivity contribution in [2.75, 3.05) is 0 Å². The van der Waals surface area contributed by atoms with Crippen LogP contribution >= 0.6 is 11.6 Å². The molecule has 2 aromatic rings. The molecule has 0 N–H and O–H groups in total. The first kappa shape index (κ1) is 13.8. The largest absolute Gasteiger partial charge is 0.281 e. The number of hydrogen-bond acceptors (Lipinski definition) is 1. The standard InChI is InChI=1S/C17H17ClO/c1-2-13-8-10-15(11-9-13)16(12-17(18)19)14-6-4-3-5-7-14/h3-11,16H,2,12H2,1H3. The van der Waals surface area contributed by atoms with Crippen LogP contribution in [0.5, 0.6) is 0 Å². The molecule has 1 nitrogen and oxygen atoms in total. The molecule has 19 heavy (non-hydrogen) atoms. The van der Waals surface area contributed by atoms with E-state index in [0.717, 1.165) is 17.5 Å². The topological polar surface area (TPSA) is 17.1 Å². The Kier molecular flexibility index (Phi) is 4.75. The van der Waals surface area contributed by atoms with Crippen molar-refractivity contribution in [1.82, 2.24) is 0 Å². The summed E-state index contributed by atoms with van der Waals surface area (Å²) in [6.45, 7) is 2.13. The Labute approximate surface area is 119 Å². The Morgan fingerprint density at radius 1 is 1.00 bits per heavy atom. The van der Waals surface area contributed by atoms with Crippen molar-refractivity contribution < 1.29 is 4.79 Å². The third kappa shape index (κ3) is 3.68. The Hall–Kier alpha value is -1.60. The monoisotopic (exact) mass is 272 g/mol. The van der Waals surface area contributed by atoms with Crippen LogP contribution in [0.25, 0.3) is 0 Å². The summed E-state index contributed by atoms with van der Waals surface area (Å²) in [4.78, 5) is 11.3. The summed E-state index contributed by atoms with van der Waals surface area (Å²) in [7, 11) is 0. The molecule has 0 aliphatic heterocycles. The lowest BCUT2D eigenvalue weighted by Gasteiger charge is -2.16. The van der Waals surface area contributed by atoms with Crippen molar-refractivity contribution >= 4 is 16.8 Å². The van der Waals surface area contributed by atoms with Gasteiger partial charge in [-0.15, -0.1) is 0 Å². The van der Waals surface area contributed by atoms with Gasteiger partial charge in [0.1, 0.15) is 0 Å². The maximum Gasteiger partial charge on any atom is 0.222 e. The molecular weight excluding hydrogens is 256 g/mol. The fraction of sp³-hybridized carbons (Fsp3) is 0.235. The van der Waals surface area contributed by atoms with Crippen LogP contribution in [0.4, 0.5) is 0 Å². The van der Waals surface area contributed by atoms with Crippen molar-refractivity contribution in [3.8, 4) is 0 Å². The van der Waals surface area contributed by atoms with E-state index in [-0.39, 0.29) is 11.2 Å². The molecule has 2 heteroatoms. The number of halogens is 1. The molecule has 0 saturated carbocycles. The second kappa shape index (κ2) is 6.53. The van der Waals surface area contributed by atoms with E-state index in [2.05, 4.69) is 31.2 Å². The quantitative estimate of drug-likeness (QED) is 0.731. The highest BCUT2D eigenvalue weighted by molar-refractivity contribution is 6.63. The van der Waals surface area contributed by atoms with Crippen LogP contribution in [0.15, 0.2) is 54.6 Å². The molecule has 0 fully saturated rings. The normalized spacial score (nSPS) is 12.1. The van der Waals surface area contributed by atoms with Crippen molar-refractivity contribution in [1.29, 1.82) is 0 Å². The third-order valence-electron chi connectivity index (χ3n) is 3.36. The molecule has 0 aromatic heterocycles. The Bertz CT molecular complexity index is 531. The number of aryl methyl sites for hydroxylation is 1. The molecule has 0 amide bonds. The lowest BCUT2D eigenvalue weighted by atomic mass is 9.88. The Morgan fingerprint density at radius 2 is 1.58 bits per heavy atom. The van der Waals surface area contributed by atoms with Crippen LogP contribution in [0.2, 0.25) is 0 Å². The number of benzene rings is 2. The first-order valence-electron chi connectivity index (χ1n) is 6.52. The maximum absolute atomic E-state index is 11.3. The first-order chi connectivity index (χ1) is 9.20. The van der Waals surface area contributed by atoms with Gasteiger partial charge >= 0.3 is 0 Å². The first-order valence-corrected chi connectivity index (χ1v) is 6.90. The average molecular weight is 273 g/mol. The number of hydrogen-bond donors (Lipinski definition) is 0. The summed E-state index contributed by atoms with van der Waals surface area (Å²) < 4.78 is 0. The molecular formula is C17H17ClO. The zero-order chi connectivity index (χ0) is 13.7. The van der Waals surface area contributed by atoms with Gasteiger partial charge in [-0.25, -0.2) is 0 Å². The van der Waals surface area contributed by atoms with Crippen molar-refractivity contribution in [3.05, 3.63) is 71.3 Å². The lowest BCUT2D eigenvalue weighted by molar-refractivity contribution is -0.111. The van der Waals surface area contributed by atoms with E-state index >= 15 is 0 Å². The van der Waals surface area contributed by atoms with Gasteiger partial charge in [0.15, 0.2) is 0 Å². The Morgan fingerprint density at radius 3 is 2.11 bits per heavy atom. The van der Waals surface area contributed by atoms with Crippen molar-refractivity contribution in [2.45, 2.75) is 25.7 Å². The molecule has 0 bridgehead atoms. The van der Waals surface area contributed by atoms with E-state index in [4.69, 9.17) is 11.6 Å². The van der Waals surface area contributed by atoms with Gasteiger partial charge in [-0.3, -0.25) is 4.79 Å².